The van der Waals surface area contributed by atoms with E-state index >= 15 is 0 Å². The van der Waals surface area contributed by atoms with E-state index in [4.69, 9.17) is 23.2 Å². The van der Waals surface area contributed by atoms with Gasteiger partial charge in [0, 0.05) is 17.5 Å². The van der Waals surface area contributed by atoms with E-state index in [0.717, 1.165) is 6.42 Å². The number of hydrogen-bond donors (Lipinski definition) is 0. The van der Waals surface area contributed by atoms with Gasteiger partial charge in [-0.05, 0) is 24.7 Å². The van der Waals surface area contributed by atoms with Crippen molar-refractivity contribution >= 4 is 33.0 Å². The first-order valence-electron chi connectivity index (χ1n) is 5.27. The second-order valence-electron chi connectivity index (χ2n) is 4.02. The summed E-state index contributed by atoms with van der Waals surface area (Å²) in [6, 6.07) is 0. The molecule has 0 aliphatic carbocycles. The summed E-state index contributed by atoms with van der Waals surface area (Å²) in [5, 5.41) is 0. The van der Waals surface area contributed by atoms with Crippen molar-refractivity contribution in [2.45, 2.75) is 33.1 Å². The van der Waals surface area contributed by atoms with Crippen LogP contribution >= 0.6 is 23.2 Å². The van der Waals surface area contributed by atoms with Crippen LogP contribution in [0.5, 0.6) is 0 Å². The Labute approximate surface area is 103 Å². The van der Waals surface area contributed by atoms with E-state index in [1.807, 2.05) is 13.8 Å². The zero-order valence-corrected chi connectivity index (χ0v) is 11.8. The number of sulfone groups is 1. The topological polar surface area (TPSA) is 34.1 Å². The lowest BCUT2D eigenvalue weighted by Gasteiger charge is -2.27. The highest BCUT2D eigenvalue weighted by Crippen LogP contribution is 2.30. The molecule has 5 heteroatoms. The average Bonchev–Trinajstić information content (AvgIpc) is 2.21. The normalized spacial score (nSPS) is 13.1. The first-order chi connectivity index (χ1) is 6.95. The Morgan fingerprint density at radius 2 is 1.60 bits per heavy atom. The van der Waals surface area contributed by atoms with Crippen molar-refractivity contribution in [1.29, 1.82) is 0 Å². The highest BCUT2D eigenvalue weighted by Gasteiger charge is 2.28. The molecule has 0 amide bonds. The van der Waals surface area contributed by atoms with E-state index in [0.29, 0.717) is 24.6 Å². The molecule has 0 aromatic heterocycles. The van der Waals surface area contributed by atoms with Crippen molar-refractivity contribution in [2.75, 3.05) is 23.3 Å². The maximum absolute atomic E-state index is 11.5. The molecule has 0 aromatic carbocycles. The minimum Gasteiger partial charge on any atom is -0.229 e. The van der Waals surface area contributed by atoms with E-state index in [1.54, 1.807) is 0 Å². The lowest BCUT2D eigenvalue weighted by molar-refractivity contribution is 0.351. The SMILES string of the molecule is CCCS(=O)(=O)CCC(CC)(CCl)CCl. The van der Waals surface area contributed by atoms with Gasteiger partial charge in [0.25, 0.3) is 0 Å². The van der Waals surface area contributed by atoms with Crippen LogP contribution < -0.4 is 0 Å². The van der Waals surface area contributed by atoms with Crippen LogP contribution in [-0.4, -0.2) is 31.7 Å². The molecule has 0 rings (SSSR count). The third-order valence-corrected chi connectivity index (χ3v) is 5.77. The summed E-state index contributed by atoms with van der Waals surface area (Å²) in [5.41, 5.74) is -0.218. The fraction of sp³-hybridized carbons (Fsp3) is 1.00. The maximum atomic E-state index is 11.5. The van der Waals surface area contributed by atoms with E-state index in [-0.39, 0.29) is 16.9 Å². The molecule has 92 valence electrons. The summed E-state index contributed by atoms with van der Waals surface area (Å²) in [6.07, 6.45) is 2.06. The van der Waals surface area contributed by atoms with Crippen LogP contribution in [0, 0.1) is 5.41 Å². The van der Waals surface area contributed by atoms with Crippen molar-refractivity contribution in [3.63, 3.8) is 0 Å². The van der Waals surface area contributed by atoms with Gasteiger partial charge >= 0.3 is 0 Å². The Bertz CT molecular complexity index is 250. The van der Waals surface area contributed by atoms with Gasteiger partial charge in [-0.1, -0.05) is 13.8 Å². The van der Waals surface area contributed by atoms with Gasteiger partial charge in [0.2, 0.25) is 0 Å². The molecule has 0 atom stereocenters. The molecular weight excluding hydrogens is 255 g/mol. The first kappa shape index (κ1) is 15.5. The van der Waals surface area contributed by atoms with E-state index < -0.39 is 9.84 Å². The lowest BCUT2D eigenvalue weighted by atomic mass is 9.87. The molecule has 0 unspecified atom stereocenters. The molecule has 0 N–H and O–H groups in total. The van der Waals surface area contributed by atoms with Crippen LogP contribution in [0.2, 0.25) is 0 Å². The Balaban J connectivity index is 4.34. The minimum absolute atomic E-state index is 0.203. The fourth-order valence-electron chi connectivity index (χ4n) is 1.32. The van der Waals surface area contributed by atoms with E-state index in [2.05, 4.69) is 0 Å². The summed E-state index contributed by atoms with van der Waals surface area (Å²) in [4.78, 5) is 0. The smallest absolute Gasteiger partial charge is 0.150 e. The zero-order valence-electron chi connectivity index (χ0n) is 9.43. The molecule has 15 heavy (non-hydrogen) atoms. The molecule has 0 bridgehead atoms. The lowest BCUT2D eigenvalue weighted by Crippen LogP contribution is -2.28. The molecule has 0 spiro atoms. The van der Waals surface area contributed by atoms with Crippen molar-refractivity contribution in [2.24, 2.45) is 5.41 Å². The molecule has 0 aliphatic rings. The molecule has 2 nitrogen and oxygen atoms in total. The molecular formula is C10H20Cl2O2S. The van der Waals surface area contributed by atoms with Crippen LogP contribution in [0.1, 0.15) is 33.1 Å². The van der Waals surface area contributed by atoms with Gasteiger partial charge in [-0.15, -0.1) is 23.2 Å². The Hall–Kier alpha value is 0.530. The third kappa shape index (κ3) is 5.41. The molecule has 0 aromatic rings. The average molecular weight is 275 g/mol. The minimum atomic E-state index is -2.91. The van der Waals surface area contributed by atoms with E-state index in [1.165, 1.54) is 0 Å². The molecule has 0 aliphatic heterocycles. The monoisotopic (exact) mass is 274 g/mol. The summed E-state index contributed by atoms with van der Waals surface area (Å²) in [5.74, 6) is 1.31. The third-order valence-electron chi connectivity index (χ3n) is 2.78. The number of halogens is 2. The predicted octanol–water partition coefficient (Wildman–Crippen LogP) is 3.08. The first-order valence-corrected chi connectivity index (χ1v) is 8.16. The molecule has 0 fully saturated rings. The van der Waals surface area contributed by atoms with Crippen LogP contribution in [0.4, 0.5) is 0 Å². The highest BCUT2D eigenvalue weighted by molar-refractivity contribution is 7.91. The predicted molar refractivity (Wildman–Crippen MR) is 67.7 cm³/mol. The van der Waals surface area contributed by atoms with Gasteiger partial charge in [0.05, 0.1) is 5.75 Å². The number of rotatable bonds is 8. The maximum Gasteiger partial charge on any atom is 0.150 e. The summed E-state index contributed by atoms with van der Waals surface area (Å²) >= 11 is 11.7. The Morgan fingerprint density at radius 1 is 1.07 bits per heavy atom. The van der Waals surface area contributed by atoms with Gasteiger partial charge in [0.1, 0.15) is 9.84 Å². The Morgan fingerprint density at radius 3 is 1.93 bits per heavy atom. The molecule has 0 radical (unpaired) electrons. The molecule has 0 saturated heterocycles. The molecule has 0 heterocycles. The standard InChI is InChI=1S/C10H20Cl2O2S/c1-3-6-15(13,14)7-5-10(4-2,8-11)9-12/h3-9H2,1-2H3. The number of alkyl halides is 2. The van der Waals surface area contributed by atoms with Crippen molar-refractivity contribution in [3.8, 4) is 0 Å². The van der Waals surface area contributed by atoms with Crippen molar-refractivity contribution < 1.29 is 8.42 Å². The molecule has 0 saturated carbocycles. The second-order valence-corrected chi connectivity index (χ2v) is 6.86. The van der Waals surface area contributed by atoms with Gasteiger partial charge in [0.15, 0.2) is 0 Å². The van der Waals surface area contributed by atoms with Crippen molar-refractivity contribution in [3.05, 3.63) is 0 Å². The zero-order chi connectivity index (χ0) is 11.9. The summed E-state index contributed by atoms with van der Waals surface area (Å²) in [6.45, 7) is 3.87. The largest absolute Gasteiger partial charge is 0.229 e. The second kappa shape index (κ2) is 6.97. The highest BCUT2D eigenvalue weighted by atomic mass is 35.5. The van der Waals surface area contributed by atoms with Crippen LogP contribution in [0.15, 0.2) is 0 Å². The fourth-order valence-corrected chi connectivity index (χ4v) is 3.82. The summed E-state index contributed by atoms with van der Waals surface area (Å²) < 4.78 is 23.1. The quantitative estimate of drug-likeness (QED) is 0.638. The van der Waals surface area contributed by atoms with Gasteiger partial charge in [-0.25, -0.2) is 8.42 Å². The van der Waals surface area contributed by atoms with Gasteiger partial charge in [-0.2, -0.15) is 0 Å². The van der Waals surface area contributed by atoms with Gasteiger partial charge in [-0.3, -0.25) is 0 Å². The van der Waals surface area contributed by atoms with E-state index in [9.17, 15) is 8.42 Å². The Kier molecular flexibility index (Phi) is 7.22. The van der Waals surface area contributed by atoms with Crippen LogP contribution in [-0.2, 0) is 9.84 Å². The van der Waals surface area contributed by atoms with Crippen LogP contribution in [0.25, 0.3) is 0 Å². The number of hydrogen-bond acceptors (Lipinski definition) is 2. The van der Waals surface area contributed by atoms with Crippen LogP contribution in [0.3, 0.4) is 0 Å². The van der Waals surface area contributed by atoms with Gasteiger partial charge < -0.3 is 0 Å². The van der Waals surface area contributed by atoms with Crippen molar-refractivity contribution in [1.82, 2.24) is 0 Å². The summed E-state index contributed by atoms with van der Waals surface area (Å²) in [7, 11) is -2.91.